The molecule has 0 atom stereocenters. The molecule has 0 spiro atoms. The fourth-order valence-electron chi connectivity index (χ4n) is 2.30. The van der Waals surface area contributed by atoms with E-state index in [9.17, 15) is 31.2 Å². The molecule has 1 aromatic carbocycles. The number of hydrogen-bond donors (Lipinski definition) is 3. The van der Waals surface area contributed by atoms with E-state index in [0.717, 1.165) is 12.1 Å². The highest BCUT2D eigenvalue weighted by molar-refractivity contribution is 7.89. The van der Waals surface area contributed by atoms with Gasteiger partial charge in [0.15, 0.2) is 0 Å². The fourth-order valence-corrected chi connectivity index (χ4v) is 3.31. The Kier molecular flexibility index (Phi) is 5.09. The topological polar surface area (TPSA) is 113 Å². The number of carbonyl (C=O) groups excluding carboxylic acids is 1. The van der Waals surface area contributed by atoms with Gasteiger partial charge in [0.05, 0.1) is 4.90 Å². The van der Waals surface area contributed by atoms with Crippen molar-refractivity contribution >= 4 is 27.6 Å². The predicted octanol–water partition coefficient (Wildman–Crippen LogP) is 1.72. The summed E-state index contributed by atoms with van der Waals surface area (Å²) in [7, 11) is -4.35. The van der Waals surface area contributed by atoms with Crippen LogP contribution in [0.2, 0.25) is 0 Å². The summed E-state index contributed by atoms with van der Waals surface area (Å²) in [6.45, 7) is -1.70. The number of halogens is 3. The fraction of sp³-hybridized carbons (Fsp3) is 0.429. The van der Waals surface area contributed by atoms with Crippen molar-refractivity contribution in [2.45, 2.75) is 30.3 Å². The van der Waals surface area contributed by atoms with Gasteiger partial charge in [0, 0.05) is 5.69 Å². The maximum Gasteiger partial charge on any atom is 0.402 e. The second-order valence-electron chi connectivity index (χ2n) is 5.66. The first-order valence-corrected chi connectivity index (χ1v) is 8.66. The molecule has 0 unspecified atom stereocenters. The number of sulfonamides is 1. The number of amides is 1. The van der Waals surface area contributed by atoms with Crippen molar-refractivity contribution in [1.82, 2.24) is 4.72 Å². The van der Waals surface area contributed by atoms with Crippen LogP contribution in [0.25, 0.3) is 0 Å². The first kappa shape index (κ1) is 19.2. The van der Waals surface area contributed by atoms with Gasteiger partial charge in [-0.3, -0.25) is 9.59 Å². The van der Waals surface area contributed by atoms with E-state index in [2.05, 4.69) is 5.32 Å². The lowest BCUT2D eigenvalue weighted by Gasteiger charge is -2.35. The first-order chi connectivity index (χ1) is 11.5. The molecule has 0 heterocycles. The van der Waals surface area contributed by atoms with Gasteiger partial charge in [-0.2, -0.15) is 13.2 Å². The van der Waals surface area contributed by atoms with Crippen LogP contribution in [0.5, 0.6) is 0 Å². The quantitative estimate of drug-likeness (QED) is 0.651. The van der Waals surface area contributed by atoms with E-state index < -0.39 is 44.9 Å². The zero-order chi connectivity index (χ0) is 18.9. The summed E-state index contributed by atoms with van der Waals surface area (Å²) < 4.78 is 61.2. The molecular weight excluding hydrogens is 365 g/mol. The van der Waals surface area contributed by atoms with Crippen LogP contribution in [0.1, 0.15) is 19.3 Å². The van der Waals surface area contributed by atoms with E-state index in [0.29, 0.717) is 6.42 Å². The highest BCUT2D eigenvalue weighted by Crippen LogP contribution is 2.42. The molecule has 1 aliphatic carbocycles. The number of benzene rings is 1. The number of rotatable bonds is 6. The number of carboxylic acids is 1. The normalized spacial score (nSPS) is 16.8. The minimum Gasteiger partial charge on any atom is -0.480 e. The number of alkyl halides is 3. The first-order valence-electron chi connectivity index (χ1n) is 7.18. The van der Waals surface area contributed by atoms with Crippen molar-refractivity contribution in [3.8, 4) is 0 Å². The predicted molar refractivity (Wildman–Crippen MR) is 80.2 cm³/mol. The van der Waals surface area contributed by atoms with E-state index >= 15 is 0 Å². The molecule has 0 aliphatic heterocycles. The van der Waals surface area contributed by atoms with E-state index in [1.54, 1.807) is 0 Å². The minimum atomic E-state index is -4.69. The molecule has 1 saturated carbocycles. The smallest absolute Gasteiger partial charge is 0.402 e. The van der Waals surface area contributed by atoms with Crippen LogP contribution >= 0.6 is 0 Å². The summed E-state index contributed by atoms with van der Waals surface area (Å²) in [5.74, 6) is -1.94. The monoisotopic (exact) mass is 380 g/mol. The summed E-state index contributed by atoms with van der Waals surface area (Å²) in [5.41, 5.74) is -1.34. The number of hydrogen-bond acceptors (Lipinski definition) is 4. The van der Waals surface area contributed by atoms with Crippen LogP contribution in [-0.2, 0) is 19.6 Å². The van der Waals surface area contributed by atoms with Crippen LogP contribution in [0, 0.1) is 5.41 Å². The van der Waals surface area contributed by atoms with Crippen LogP contribution in [0.3, 0.4) is 0 Å². The average Bonchev–Trinajstić information content (AvgIpc) is 2.43. The van der Waals surface area contributed by atoms with Gasteiger partial charge in [0.2, 0.25) is 15.9 Å². The van der Waals surface area contributed by atoms with E-state index in [4.69, 9.17) is 5.11 Å². The maximum absolute atomic E-state index is 12.1. The molecule has 0 aromatic heterocycles. The Morgan fingerprint density at radius 3 is 2.12 bits per heavy atom. The second-order valence-corrected chi connectivity index (χ2v) is 7.43. The highest BCUT2D eigenvalue weighted by Gasteiger charge is 2.51. The maximum atomic E-state index is 12.1. The summed E-state index contributed by atoms with van der Waals surface area (Å²) in [5, 5.41) is 11.6. The number of carbonyl (C=O) groups is 2. The lowest BCUT2D eigenvalue weighted by molar-refractivity contribution is -0.159. The average molecular weight is 380 g/mol. The van der Waals surface area contributed by atoms with Crippen molar-refractivity contribution in [3.63, 3.8) is 0 Å². The Hall–Kier alpha value is -2.14. The van der Waals surface area contributed by atoms with E-state index in [1.807, 2.05) is 0 Å². The molecule has 1 aliphatic rings. The SMILES string of the molecule is O=C(O)C1(C(=O)Nc2ccc(S(=O)(=O)NCC(F)(F)F)cc2)CCC1. The third kappa shape index (κ3) is 4.28. The molecule has 3 N–H and O–H groups in total. The number of aliphatic carboxylic acids is 1. The second kappa shape index (κ2) is 6.64. The molecule has 1 amide bonds. The van der Waals surface area contributed by atoms with Gasteiger partial charge >= 0.3 is 12.1 Å². The highest BCUT2D eigenvalue weighted by atomic mass is 32.2. The number of anilines is 1. The number of carboxylic acid groups (broad SMARTS) is 1. The van der Waals surface area contributed by atoms with Crippen molar-refractivity contribution in [3.05, 3.63) is 24.3 Å². The summed E-state index contributed by atoms with van der Waals surface area (Å²) in [4.78, 5) is 22.9. The lowest BCUT2D eigenvalue weighted by atomic mass is 9.68. The van der Waals surface area contributed by atoms with Crippen LogP contribution in [0.15, 0.2) is 29.2 Å². The van der Waals surface area contributed by atoms with Crippen LogP contribution in [0.4, 0.5) is 18.9 Å². The van der Waals surface area contributed by atoms with Crippen molar-refractivity contribution in [1.29, 1.82) is 0 Å². The van der Waals surface area contributed by atoms with Gasteiger partial charge in [-0.1, -0.05) is 6.42 Å². The van der Waals surface area contributed by atoms with Crippen molar-refractivity contribution in [2.75, 3.05) is 11.9 Å². The van der Waals surface area contributed by atoms with Crippen molar-refractivity contribution < 1.29 is 36.3 Å². The lowest BCUT2D eigenvalue weighted by Crippen LogP contribution is -2.48. The van der Waals surface area contributed by atoms with E-state index in [1.165, 1.54) is 16.9 Å². The third-order valence-electron chi connectivity index (χ3n) is 3.94. The van der Waals surface area contributed by atoms with Gasteiger partial charge in [-0.05, 0) is 37.1 Å². The van der Waals surface area contributed by atoms with E-state index in [-0.39, 0.29) is 18.5 Å². The Labute approximate surface area is 141 Å². The van der Waals surface area contributed by atoms with Crippen molar-refractivity contribution in [2.24, 2.45) is 5.41 Å². The summed E-state index contributed by atoms with van der Waals surface area (Å²) in [6, 6.07) is 4.38. The molecule has 25 heavy (non-hydrogen) atoms. The summed E-state index contributed by atoms with van der Waals surface area (Å²) in [6.07, 6.45) is -3.65. The van der Waals surface area contributed by atoms with Crippen LogP contribution in [-0.4, -0.2) is 38.1 Å². The minimum absolute atomic E-state index is 0.146. The molecule has 7 nitrogen and oxygen atoms in total. The molecule has 11 heteroatoms. The Morgan fingerprint density at radius 2 is 1.72 bits per heavy atom. The molecule has 0 bridgehead atoms. The zero-order valence-corrected chi connectivity index (χ0v) is 13.6. The third-order valence-corrected chi connectivity index (χ3v) is 5.35. The van der Waals surface area contributed by atoms with Gasteiger partial charge < -0.3 is 10.4 Å². The molecule has 1 fully saturated rings. The van der Waals surface area contributed by atoms with Gasteiger partial charge in [0.1, 0.15) is 12.0 Å². The Morgan fingerprint density at radius 1 is 1.16 bits per heavy atom. The van der Waals surface area contributed by atoms with Gasteiger partial charge in [-0.25, -0.2) is 13.1 Å². The molecule has 1 aromatic rings. The molecule has 2 rings (SSSR count). The number of nitrogens with one attached hydrogen (secondary N) is 2. The largest absolute Gasteiger partial charge is 0.480 e. The Balaban J connectivity index is 2.07. The molecule has 138 valence electrons. The van der Waals surface area contributed by atoms with Crippen LogP contribution < -0.4 is 10.0 Å². The standard InChI is InChI=1S/C14H15F3N2O5S/c15-14(16,17)8-18-25(23,24)10-4-2-9(3-5-10)19-11(20)13(12(21)22)6-1-7-13/h2-5,18H,1,6-8H2,(H,19,20)(H,21,22). The Bertz CT molecular complexity index is 771. The molecule has 0 radical (unpaired) electrons. The van der Waals surface area contributed by atoms with Gasteiger partial charge in [-0.15, -0.1) is 0 Å². The molecular formula is C14H15F3N2O5S. The summed E-state index contributed by atoms with van der Waals surface area (Å²) >= 11 is 0. The van der Waals surface area contributed by atoms with Gasteiger partial charge in [0.25, 0.3) is 0 Å². The zero-order valence-electron chi connectivity index (χ0n) is 12.8. The molecule has 0 saturated heterocycles.